The van der Waals surface area contributed by atoms with Crippen LogP contribution in [0.2, 0.25) is 0 Å². The Morgan fingerprint density at radius 3 is 2.62 bits per heavy atom. The molecule has 114 valence electrons. The number of hydrogen-bond donors (Lipinski definition) is 2. The molecule has 0 aliphatic heterocycles. The van der Waals surface area contributed by atoms with Crippen molar-refractivity contribution >= 4 is 17.3 Å². The van der Waals surface area contributed by atoms with E-state index >= 15 is 0 Å². The zero-order valence-corrected chi connectivity index (χ0v) is 12.4. The van der Waals surface area contributed by atoms with E-state index < -0.39 is 4.92 Å². The van der Waals surface area contributed by atoms with Gasteiger partial charge < -0.3 is 10.6 Å². The van der Waals surface area contributed by atoms with Gasteiger partial charge in [-0.2, -0.15) is 0 Å². The minimum absolute atomic E-state index is 0.105. The summed E-state index contributed by atoms with van der Waals surface area (Å²) in [5.41, 5.74) is 0.396. The summed E-state index contributed by atoms with van der Waals surface area (Å²) in [6, 6.07) is 4.73. The summed E-state index contributed by atoms with van der Waals surface area (Å²) in [4.78, 5) is 23.0. The van der Waals surface area contributed by atoms with Crippen molar-refractivity contribution in [3.05, 3.63) is 33.9 Å². The van der Waals surface area contributed by atoms with E-state index in [0.29, 0.717) is 12.2 Å². The molecule has 1 aliphatic rings. The molecule has 0 bridgehead atoms. The maximum Gasteiger partial charge on any atom is 0.305 e. The van der Waals surface area contributed by atoms with E-state index in [1.807, 2.05) is 0 Å². The van der Waals surface area contributed by atoms with Crippen molar-refractivity contribution in [2.45, 2.75) is 32.6 Å². The minimum atomic E-state index is -0.516. The van der Waals surface area contributed by atoms with Crippen LogP contribution in [0.4, 0.5) is 11.4 Å². The number of amides is 1. The van der Waals surface area contributed by atoms with E-state index in [9.17, 15) is 14.9 Å². The largest absolute Gasteiger partial charge is 0.383 e. The lowest BCUT2D eigenvalue weighted by molar-refractivity contribution is -0.384. The fourth-order valence-electron chi connectivity index (χ4n) is 2.92. The first-order valence-corrected chi connectivity index (χ1v) is 7.20. The standard InChI is InChI=1S/C15H21N3O3/c1-15(8-3-4-9-15)10-17-14(19)11-6-5-7-12(16-2)13(11)18(20)21/h5-7,16H,3-4,8-10H2,1-2H3,(H,17,19). The normalized spacial score (nSPS) is 16.5. The maximum absolute atomic E-state index is 12.3. The quantitative estimate of drug-likeness (QED) is 0.645. The van der Waals surface area contributed by atoms with Gasteiger partial charge in [0.15, 0.2) is 0 Å². The summed E-state index contributed by atoms with van der Waals surface area (Å²) >= 11 is 0. The molecule has 21 heavy (non-hydrogen) atoms. The third-order valence-corrected chi connectivity index (χ3v) is 4.22. The third kappa shape index (κ3) is 3.32. The number of carbonyl (C=O) groups is 1. The number of nitrogens with zero attached hydrogens (tertiary/aromatic N) is 1. The minimum Gasteiger partial charge on any atom is -0.383 e. The number of carbonyl (C=O) groups excluding carboxylic acids is 1. The molecule has 2 rings (SSSR count). The van der Waals surface area contributed by atoms with E-state index in [1.165, 1.54) is 18.9 Å². The lowest BCUT2D eigenvalue weighted by atomic mass is 9.89. The Balaban J connectivity index is 2.17. The number of nitro groups is 1. The van der Waals surface area contributed by atoms with Gasteiger partial charge in [-0.25, -0.2) is 0 Å². The van der Waals surface area contributed by atoms with Crippen LogP contribution in [-0.2, 0) is 0 Å². The highest BCUT2D eigenvalue weighted by molar-refractivity contribution is 6.00. The van der Waals surface area contributed by atoms with Crippen LogP contribution in [0.25, 0.3) is 0 Å². The second-order valence-corrected chi connectivity index (χ2v) is 5.91. The Bertz CT molecular complexity index is 551. The first kappa shape index (κ1) is 15.3. The molecule has 0 spiro atoms. The van der Waals surface area contributed by atoms with Crippen LogP contribution < -0.4 is 10.6 Å². The molecular formula is C15H21N3O3. The molecule has 0 saturated heterocycles. The number of hydrogen-bond acceptors (Lipinski definition) is 4. The van der Waals surface area contributed by atoms with Crippen LogP contribution in [0.3, 0.4) is 0 Å². The topological polar surface area (TPSA) is 84.3 Å². The number of rotatable bonds is 5. The Morgan fingerprint density at radius 2 is 2.05 bits per heavy atom. The Hall–Kier alpha value is -2.11. The van der Waals surface area contributed by atoms with E-state index in [4.69, 9.17) is 0 Å². The molecule has 6 heteroatoms. The summed E-state index contributed by atoms with van der Waals surface area (Å²) in [5, 5.41) is 16.8. The molecule has 1 amide bonds. The first-order chi connectivity index (χ1) is 9.97. The van der Waals surface area contributed by atoms with Gasteiger partial charge in [0.2, 0.25) is 0 Å². The molecule has 0 radical (unpaired) electrons. The zero-order chi connectivity index (χ0) is 15.5. The third-order valence-electron chi connectivity index (χ3n) is 4.22. The van der Waals surface area contributed by atoms with Gasteiger partial charge in [0.1, 0.15) is 11.3 Å². The Morgan fingerprint density at radius 1 is 1.38 bits per heavy atom. The molecular weight excluding hydrogens is 270 g/mol. The molecule has 0 heterocycles. The van der Waals surface area contributed by atoms with Crippen LogP contribution in [0, 0.1) is 15.5 Å². The average molecular weight is 291 g/mol. The van der Waals surface area contributed by atoms with Crippen LogP contribution >= 0.6 is 0 Å². The van der Waals surface area contributed by atoms with E-state index in [2.05, 4.69) is 17.6 Å². The molecule has 0 atom stereocenters. The van der Waals surface area contributed by atoms with Gasteiger partial charge in [0.25, 0.3) is 5.91 Å². The molecule has 1 aliphatic carbocycles. The summed E-state index contributed by atoms with van der Waals surface area (Å²) in [6.45, 7) is 2.71. The van der Waals surface area contributed by atoms with Crippen molar-refractivity contribution in [1.29, 1.82) is 0 Å². The predicted octanol–water partition coefficient (Wildman–Crippen LogP) is 2.95. The van der Waals surface area contributed by atoms with Gasteiger partial charge in [-0.3, -0.25) is 14.9 Å². The van der Waals surface area contributed by atoms with Crippen molar-refractivity contribution in [3.8, 4) is 0 Å². The van der Waals surface area contributed by atoms with Gasteiger partial charge in [0, 0.05) is 13.6 Å². The summed E-state index contributed by atoms with van der Waals surface area (Å²) in [6.07, 6.45) is 4.54. The van der Waals surface area contributed by atoms with Gasteiger partial charge in [-0.1, -0.05) is 25.8 Å². The summed E-state index contributed by atoms with van der Waals surface area (Å²) in [7, 11) is 1.60. The van der Waals surface area contributed by atoms with Crippen LogP contribution in [0.1, 0.15) is 43.0 Å². The fourth-order valence-corrected chi connectivity index (χ4v) is 2.92. The maximum atomic E-state index is 12.3. The van der Waals surface area contributed by atoms with E-state index in [-0.39, 0.29) is 22.6 Å². The average Bonchev–Trinajstić information content (AvgIpc) is 2.91. The first-order valence-electron chi connectivity index (χ1n) is 7.20. The molecule has 0 aromatic heterocycles. The van der Waals surface area contributed by atoms with Crippen molar-refractivity contribution in [2.24, 2.45) is 5.41 Å². The number of anilines is 1. The highest BCUT2D eigenvalue weighted by Gasteiger charge is 2.30. The molecule has 1 aromatic rings. The molecule has 2 N–H and O–H groups in total. The number of benzene rings is 1. The molecule has 1 aromatic carbocycles. The number of para-hydroxylation sites is 1. The monoisotopic (exact) mass is 291 g/mol. The van der Waals surface area contributed by atoms with E-state index in [1.54, 1.807) is 19.2 Å². The summed E-state index contributed by atoms with van der Waals surface area (Å²) in [5.74, 6) is -0.382. The highest BCUT2D eigenvalue weighted by atomic mass is 16.6. The van der Waals surface area contributed by atoms with Crippen LogP contribution in [0.5, 0.6) is 0 Å². The highest BCUT2D eigenvalue weighted by Crippen LogP contribution is 2.37. The second kappa shape index (κ2) is 6.11. The molecule has 1 fully saturated rings. The van der Waals surface area contributed by atoms with Gasteiger partial charge >= 0.3 is 5.69 Å². The smallest absolute Gasteiger partial charge is 0.305 e. The Kier molecular flexibility index (Phi) is 4.45. The summed E-state index contributed by atoms with van der Waals surface area (Å²) < 4.78 is 0. The molecule has 6 nitrogen and oxygen atoms in total. The lowest BCUT2D eigenvalue weighted by Crippen LogP contribution is -2.34. The Labute approximate surface area is 124 Å². The van der Waals surface area contributed by atoms with Crippen LogP contribution in [0.15, 0.2) is 18.2 Å². The fraction of sp³-hybridized carbons (Fsp3) is 0.533. The van der Waals surface area contributed by atoms with Crippen LogP contribution in [-0.4, -0.2) is 24.4 Å². The molecule has 1 saturated carbocycles. The van der Waals surface area contributed by atoms with E-state index in [0.717, 1.165) is 12.8 Å². The van der Waals surface area contributed by atoms with Gasteiger partial charge in [0.05, 0.1) is 4.92 Å². The van der Waals surface area contributed by atoms with Crippen molar-refractivity contribution in [3.63, 3.8) is 0 Å². The zero-order valence-electron chi connectivity index (χ0n) is 12.4. The van der Waals surface area contributed by atoms with Crippen molar-refractivity contribution in [2.75, 3.05) is 18.9 Å². The number of nitro benzene ring substituents is 1. The van der Waals surface area contributed by atoms with Gasteiger partial charge in [-0.05, 0) is 30.4 Å². The number of nitrogens with one attached hydrogen (secondary N) is 2. The predicted molar refractivity (Wildman–Crippen MR) is 81.6 cm³/mol. The second-order valence-electron chi connectivity index (χ2n) is 5.91. The van der Waals surface area contributed by atoms with Crippen molar-refractivity contribution in [1.82, 2.24) is 5.32 Å². The molecule has 0 unspecified atom stereocenters. The van der Waals surface area contributed by atoms with Crippen molar-refractivity contribution < 1.29 is 9.72 Å². The SMILES string of the molecule is CNc1cccc(C(=O)NCC2(C)CCCC2)c1[N+](=O)[O-]. The lowest BCUT2D eigenvalue weighted by Gasteiger charge is -2.23. The van der Waals surface area contributed by atoms with Gasteiger partial charge in [-0.15, -0.1) is 0 Å².